The number of aliphatic hydroxyl groups is 1. The van der Waals surface area contributed by atoms with E-state index in [-0.39, 0.29) is 0 Å². The van der Waals surface area contributed by atoms with Crippen molar-refractivity contribution in [3.63, 3.8) is 0 Å². The maximum Gasteiger partial charge on any atom is 0.0836 e. The van der Waals surface area contributed by atoms with Crippen molar-refractivity contribution >= 4 is 10.8 Å². The van der Waals surface area contributed by atoms with Crippen LogP contribution in [0.2, 0.25) is 0 Å². The van der Waals surface area contributed by atoms with Gasteiger partial charge in [0.25, 0.3) is 0 Å². The first kappa shape index (κ1) is 13.8. The molecule has 106 valence electrons. The van der Waals surface area contributed by atoms with E-state index in [1.807, 2.05) is 24.3 Å². The first-order valence-corrected chi connectivity index (χ1v) is 7.37. The lowest BCUT2D eigenvalue weighted by Crippen LogP contribution is -2.04. The lowest BCUT2D eigenvalue weighted by molar-refractivity contribution is 0.180. The number of rotatable bonds is 3. The molecule has 21 heavy (non-hydrogen) atoms. The number of hydrogen-bond donors (Lipinski definition) is 1. The standard InChI is InChI=1S/C20H20O/c1-14-7-3-4-8-16(14)13-20(21)19-12-11-15(2)17-9-5-6-10-18(17)19/h3-12,20-21H,13H2,1-2H3. The minimum absolute atomic E-state index is 0.475. The smallest absolute Gasteiger partial charge is 0.0836 e. The Morgan fingerprint density at radius 1 is 0.762 bits per heavy atom. The van der Waals surface area contributed by atoms with Crippen LogP contribution in [0.15, 0.2) is 60.7 Å². The second kappa shape index (κ2) is 5.71. The normalized spacial score (nSPS) is 12.5. The molecule has 0 bridgehead atoms. The van der Waals surface area contributed by atoms with E-state index in [4.69, 9.17) is 0 Å². The lowest BCUT2D eigenvalue weighted by Gasteiger charge is -2.16. The second-order valence-electron chi connectivity index (χ2n) is 5.66. The van der Waals surface area contributed by atoms with Gasteiger partial charge in [-0.3, -0.25) is 0 Å². The molecule has 1 atom stereocenters. The highest BCUT2D eigenvalue weighted by atomic mass is 16.3. The van der Waals surface area contributed by atoms with E-state index in [2.05, 4.69) is 50.2 Å². The van der Waals surface area contributed by atoms with Crippen LogP contribution in [-0.4, -0.2) is 5.11 Å². The van der Waals surface area contributed by atoms with E-state index in [1.54, 1.807) is 0 Å². The third-order valence-electron chi connectivity index (χ3n) is 4.21. The molecule has 3 aromatic carbocycles. The van der Waals surface area contributed by atoms with E-state index in [1.165, 1.54) is 22.1 Å². The molecule has 1 nitrogen and oxygen atoms in total. The van der Waals surface area contributed by atoms with Crippen molar-refractivity contribution in [1.29, 1.82) is 0 Å². The fraction of sp³-hybridized carbons (Fsp3) is 0.200. The van der Waals surface area contributed by atoms with Crippen molar-refractivity contribution in [2.45, 2.75) is 26.4 Å². The predicted octanol–water partition coefficient (Wildman–Crippen LogP) is 4.73. The van der Waals surface area contributed by atoms with Crippen LogP contribution >= 0.6 is 0 Å². The van der Waals surface area contributed by atoms with Crippen molar-refractivity contribution in [3.05, 3.63) is 82.9 Å². The largest absolute Gasteiger partial charge is 0.388 e. The Morgan fingerprint density at radius 3 is 2.19 bits per heavy atom. The van der Waals surface area contributed by atoms with Gasteiger partial charge in [0.15, 0.2) is 0 Å². The van der Waals surface area contributed by atoms with E-state index in [0.717, 1.165) is 10.9 Å². The Morgan fingerprint density at radius 2 is 1.43 bits per heavy atom. The Bertz CT molecular complexity index is 774. The van der Waals surface area contributed by atoms with Crippen LogP contribution in [0.3, 0.4) is 0 Å². The maximum atomic E-state index is 10.7. The van der Waals surface area contributed by atoms with Crippen LogP contribution in [0, 0.1) is 13.8 Å². The SMILES string of the molecule is Cc1ccccc1CC(O)c1ccc(C)c2ccccc12. The Kier molecular flexibility index (Phi) is 3.76. The monoisotopic (exact) mass is 276 g/mol. The molecule has 0 saturated heterocycles. The van der Waals surface area contributed by atoms with Crippen LogP contribution in [-0.2, 0) is 6.42 Å². The fourth-order valence-corrected chi connectivity index (χ4v) is 2.92. The van der Waals surface area contributed by atoms with Gasteiger partial charge in [-0.1, -0.05) is 60.7 Å². The summed E-state index contributed by atoms with van der Waals surface area (Å²) < 4.78 is 0. The summed E-state index contributed by atoms with van der Waals surface area (Å²) in [6.45, 7) is 4.20. The summed E-state index contributed by atoms with van der Waals surface area (Å²) in [5, 5.41) is 13.1. The summed E-state index contributed by atoms with van der Waals surface area (Å²) in [4.78, 5) is 0. The van der Waals surface area contributed by atoms with Gasteiger partial charge in [0, 0.05) is 6.42 Å². The van der Waals surface area contributed by atoms with Gasteiger partial charge < -0.3 is 5.11 Å². The number of fused-ring (bicyclic) bond motifs is 1. The van der Waals surface area contributed by atoms with Crippen LogP contribution in [0.4, 0.5) is 0 Å². The van der Waals surface area contributed by atoms with Crippen LogP contribution in [0.1, 0.15) is 28.4 Å². The average Bonchev–Trinajstić information content (AvgIpc) is 2.50. The summed E-state index contributed by atoms with van der Waals surface area (Å²) in [7, 11) is 0. The first-order valence-electron chi connectivity index (χ1n) is 7.37. The molecule has 1 unspecified atom stereocenters. The summed E-state index contributed by atoms with van der Waals surface area (Å²) in [6.07, 6.45) is 0.177. The van der Waals surface area contributed by atoms with Gasteiger partial charge in [-0.2, -0.15) is 0 Å². The Labute approximate surface area is 125 Å². The number of benzene rings is 3. The summed E-state index contributed by atoms with van der Waals surface area (Å²) in [5.41, 5.74) is 4.69. The molecule has 3 rings (SSSR count). The molecule has 0 saturated carbocycles. The molecule has 0 spiro atoms. The highest BCUT2D eigenvalue weighted by Crippen LogP contribution is 2.29. The minimum Gasteiger partial charge on any atom is -0.388 e. The van der Waals surface area contributed by atoms with Crippen molar-refractivity contribution < 1.29 is 5.11 Å². The van der Waals surface area contributed by atoms with Gasteiger partial charge in [0.05, 0.1) is 6.10 Å². The molecule has 0 aliphatic heterocycles. The van der Waals surface area contributed by atoms with E-state index in [9.17, 15) is 5.11 Å². The van der Waals surface area contributed by atoms with Crippen molar-refractivity contribution in [1.82, 2.24) is 0 Å². The van der Waals surface area contributed by atoms with Gasteiger partial charge in [-0.25, -0.2) is 0 Å². The molecule has 3 aromatic rings. The quantitative estimate of drug-likeness (QED) is 0.733. The third-order valence-corrected chi connectivity index (χ3v) is 4.21. The molecule has 0 radical (unpaired) electrons. The molecule has 0 aliphatic rings. The number of hydrogen-bond acceptors (Lipinski definition) is 1. The van der Waals surface area contributed by atoms with Crippen LogP contribution < -0.4 is 0 Å². The van der Waals surface area contributed by atoms with Crippen molar-refractivity contribution in [3.8, 4) is 0 Å². The topological polar surface area (TPSA) is 20.2 Å². The zero-order valence-electron chi connectivity index (χ0n) is 12.5. The Balaban J connectivity index is 2.01. The first-order chi connectivity index (χ1) is 10.2. The van der Waals surface area contributed by atoms with Gasteiger partial charge in [-0.05, 0) is 46.9 Å². The van der Waals surface area contributed by atoms with E-state index >= 15 is 0 Å². The second-order valence-corrected chi connectivity index (χ2v) is 5.66. The lowest BCUT2D eigenvalue weighted by atomic mass is 9.93. The highest BCUT2D eigenvalue weighted by Gasteiger charge is 2.13. The third kappa shape index (κ3) is 2.70. The molecule has 0 heterocycles. The average molecular weight is 276 g/mol. The molecule has 0 amide bonds. The van der Waals surface area contributed by atoms with E-state index < -0.39 is 6.10 Å². The van der Waals surface area contributed by atoms with E-state index in [0.29, 0.717) is 6.42 Å². The summed E-state index contributed by atoms with van der Waals surface area (Å²) in [6, 6.07) is 20.7. The molecule has 0 aliphatic carbocycles. The van der Waals surface area contributed by atoms with Crippen LogP contribution in [0.25, 0.3) is 10.8 Å². The summed E-state index contributed by atoms with van der Waals surface area (Å²) in [5.74, 6) is 0. The van der Waals surface area contributed by atoms with Crippen LogP contribution in [0.5, 0.6) is 0 Å². The number of aryl methyl sites for hydroxylation is 2. The minimum atomic E-state index is -0.475. The highest BCUT2D eigenvalue weighted by molar-refractivity contribution is 5.88. The molecular formula is C20H20O. The van der Waals surface area contributed by atoms with Crippen molar-refractivity contribution in [2.24, 2.45) is 0 Å². The van der Waals surface area contributed by atoms with Crippen molar-refractivity contribution in [2.75, 3.05) is 0 Å². The zero-order valence-corrected chi connectivity index (χ0v) is 12.5. The van der Waals surface area contributed by atoms with Gasteiger partial charge in [0.2, 0.25) is 0 Å². The predicted molar refractivity (Wildman–Crippen MR) is 88.5 cm³/mol. The molecule has 0 fully saturated rings. The zero-order chi connectivity index (χ0) is 14.8. The molecule has 1 N–H and O–H groups in total. The van der Waals surface area contributed by atoms with Gasteiger partial charge in [0.1, 0.15) is 0 Å². The molecule has 0 aromatic heterocycles. The molecule has 1 heteroatoms. The maximum absolute atomic E-state index is 10.7. The molecular weight excluding hydrogens is 256 g/mol. The Hall–Kier alpha value is -2.12. The van der Waals surface area contributed by atoms with Gasteiger partial charge >= 0.3 is 0 Å². The summed E-state index contributed by atoms with van der Waals surface area (Å²) >= 11 is 0. The van der Waals surface area contributed by atoms with Gasteiger partial charge in [-0.15, -0.1) is 0 Å². The number of aliphatic hydroxyl groups excluding tert-OH is 1. The fourth-order valence-electron chi connectivity index (χ4n) is 2.92.